The van der Waals surface area contributed by atoms with E-state index in [1.54, 1.807) is 12.1 Å². The Morgan fingerprint density at radius 2 is 1.73 bits per heavy atom. The predicted molar refractivity (Wildman–Crippen MR) is 59.2 cm³/mol. The summed E-state index contributed by atoms with van der Waals surface area (Å²) in [5.41, 5.74) is 0.905. The zero-order valence-electron chi connectivity index (χ0n) is 9.51. The largest absolute Gasteiger partial charge is 0.299 e. The molecule has 0 saturated heterocycles. The number of Topliss-reactive ketones (excluding diaryl/α,β-unsaturated/α-hetero) is 1. The molecule has 0 saturated carbocycles. The first-order valence-electron chi connectivity index (χ1n) is 5.13. The first-order valence-corrected chi connectivity index (χ1v) is 5.13. The van der Waals surface area contributed by atoms with Crippen LogP contribution >= 0.6 is 0 Å². The molecule has 0 aliphatic rings. The van der Waals surface area contributed by atoms with E-state index in [0.29, 0.717) is 12.8 Å². The SMILES string of the molecule is CC(C)(C)CC(=O)Cc1ccc(F)cc1. The van der Waals surface area contributed by atoms with Crippen molar-refractivity contribution in [2.24, 2.45) is 5.41 Å². The maximum absolute atomic E-state index is 12.6. The lowest BCUT2D eigenvalue weighted by atomic mass is 9.88. The molecular formula is C13H17FO. The van der Waals surface area contributed by atoms with Crippen LogP contribution in [0, 0.1) is 11.2 Å². The van der Waals surface area contributed by atoms with Crippen LogP contribution in [-0.4, -0.2) is 5.78 Å². The molecule has 1 rings (SSSR count). The normalized spacial score (nSPS) is 11.5. The van der Waals surface area contributed by atoms with Gasteiger partial charge in [-0.3, -0.25) is 4.79 Å². The van der Waals surface area contributed by atoms with Crippen molar-refractivity contribution >= 4 is 5.78 Å². The van der Waals surface area contributed by atoms with Crippen LogP contribution in [0.1, 0.15) is 32.8 Å². The fourth-order valence-corrected chi connectivity index (χ4v) is 1.48. The Balaban J connectivity index is 2.55. The van der Waals surface area contributed by atoms with Crippen LogP contribution in [0.5, 0.6) is 0 Å². The van der Waals surface area contributed by atoms with Gasteiger partial charge in [0.1, 0.15) is 11.6 Å². The minimum Gasteiger partial charge on any atom is -0.299 e. The van der Waals surface area contributed by atoms with E-state index in [-0.39, 0.29) is 17.0 Å². The fraction of sp³-hybridized carbons (Fsp3) is 0.462. The van der Waals surface area contributed by atoms with Gasteiger partial charge in [0.05, 0.1) is 0 Å². The van der Waals surface area contributed by atoms with Crippen molar-refractivity contribution in [3.05, 3.63) is 35.6 Å². The Kier molecular flexibility index (Phi) is 3.61. The molecule has 0 N–H and O–H groups in total. The summed E-state index contributed by atoms with van der Waals surface area (Å²) in [6, 6.07) is 6.10. The Hall–Kier alpha value is -1.18. The molecule has 1 nitrogen and oxygen atoms in total. The first-order chi connectivity index (χ1) is 6.87. The van der Waals surface area contributed by atoms with E-state index < -0.39 is 0 Å². The number of hydrogen-bond donors (Lipinski definition) is 0. The molecular weight excluding hydrogens is 191 g/mol. The Morgan fingerprint density at radius 1 is 1.20 bits per heavy atom. The van der Waals surface area contributed by atoms with Crippen molar-refractivity contribution in [3.8, 4) is 0 Å². The zero-order chi connectivity index (χ0) is 11.5. The van der Waals surface area contributed by atoms with Crippen molar-refractivity contribution in [2.75, 3.05) is 0 Å². The lowest BCUT2D eigenvalue weighted by molar-refractivity contribution is -0.120. The standard InChI is InChI=1S/C13H17FO/c1-13(2,3)9-12(15)8-10-4-6-11(14)7-5-10/h4-7H,8-9H2,1-3H3. The van der Waals surface area contributed by atoms with Gasteiger partial charge in [0, 0.05) is 12.8 Å². The van der Waals surface area contributed by atoms with Gasteiger partial charge < -0.3 is 0 Å². The highest BCUT2D eigenvalue weighted by Crippen LogP contribution is 2.19. The molecule has 0 heterocycles. The monoisotopic (exact) mass is 208 g/mol. The highest BCUT2D eigenvalue weighted by atomic mass is 19.1. The van der Waals surface area contributed by atoms with Crippen LogP contribution in [0.3, 0.4) is 0 Å². The Morgan fingerprint density at radius 3 is 2.20 bits per heavy atom. The van der Waals surface area contributed by atoms with Crippen LogP contribution in [0.15, 0.2) is 24.3 Å². The van der Waals surface area contributed by atoms with E-state index in [1.165, 1.54) is 12.1 Å². The van der Waals surface area contributed by atoms with Crippen molar-refractivity contribution in [1.82, 2.24) is 0 Å². The summed E-state index contributed by atoms with van der Waals surface area (Å²) in [6.45, 7) is 6.11. The summed E-state index contributed by atoms with van der Waals surface area (Å²) >= 11 is 0. The van der Waals surface area contributed by atoms with Gasteiger partial charge in [-0.2, -0.15) is 0 Å². The van der Waals surface area contributed by atoms with Gasteiger partial charge in [-0.15, -0.1) is 0 Å². The van der Waals surface area contributed by atoms with E-state index in [4.69, 9.17) is 0 Å². The summed E-state index contributed by atoms with van der Waals surface area (Å²) in [6.07, 6.45) is 0.960. The third-order valence-electron chi connectivity index (χ3n) is 2.04. The van der Waals surface area contributed by atoms with Gasteiger partial charge in [0.25, 0.3) is 0 Å². The van der Waals surface area contributed by atoms with Gasteiger partial charge in [0.2, 0.25) is 0 Å². The van der Waals surface area contributed by atoms with E-state index in [1.807, 2.05) is 20.8 Å². The van der Waals surface area contributed by atoms with Crippen molar-refractivity contribution in [3.63, 3.8) is 0 Å². The minimum absolute atomic E-state index is 0.0249. The number of benzene rings is 1. The van der Waals surface area contributed by atoms with E-state index in [9.17, 15) is 9.18 Å². The number of rotatable bonds is 3. The van der Waals surface area contributed by atoms with Crippen molar-refractivity contribution in [2.45, 2.75) is 33.6 Å². The second kappa shape index (κ2) is 4.56. The Labute approximate surface area is 90.3 Å². The maximum atomic E-state index is 12.6. The summed E-state index contributed by atoms with van der Waals surface area (Å²) < 4.78 is 12.6. The van der Waals surface area contributed by atoms with Crippen LogP contribution in [-0.2, 0) is 11.2 Å². The molecule has 0 spiro atoms. The maximum Gasteiger partial charge on any atom is 0.137 e. The molecule has 0 radical (unpaired) electrons. The quantitative estimate of drug-likeness (QED) is 0.744. The van der Waals surface area contributed by atoms with Crippen LogP contribution in [0.4, 0.5) is 4.39 Å². The average molecular weight is 208 g/mol. The third-order valence-corrected chi connectivity index (χ3v) is 2.04. The highest BCUT2D eigenvalue weighted by molar-refractivity contribution is 5.81. The second-order valence-corrected chi connectivity index (χ2v) is 5.08. The molecule has 0 aliphatic heterocycles. The molecule has 0 unspecified atom stereocenters. The number of carbonyl (C=O) groups is 1. The second-order valence-electron chi connectivity index (χ2n) is 5.08. The molecule has 82 valence electrons. The summed E-state index contributed by atoms with van der Waals surface area (Å²) in [4.78, 5) is 11.6. The number of ketones is 1. The molecule has 0 atom stereocenters. The third kappa shape index (κ3) is 4.73. The number of hydrogen-bond acceptors (Lipinski definition) is 1. The summed E-state index contributed by atoms with van der Waals surface area (Å²) in [5.74, 6) is -0.0591. The van der Waals surface area contributed by atoms with Crippen LogP contribution in [0.25, 0.3) is 0 Å². The molecule has 0 bridgehead atoms. The first kappa shape index (κ1) is 11.9. The van der Waals surface area contributed by atoms with Gasteiger partial charge in [0.15, 0.2) is 0 Å². The molecule has 15 heavy (non-hydrogen) atoms. The van der Waals surface area contributed by atoms with E-state index in [0.717, 1.165) is 5.56 Å². The van der Waals surface area contributed by atoms with Gasteiger partial charge in [-0.05, 0) is 23.1 Å². The molecule has 2 heteroatoms. The van der Waals surface area contributed by atoms with Crippen molar-refractivity contribution < 1.29 is 9.18 Å². The van der Waals surface area contributed by atoms with Crippen LogP contribution < -0.4 is 0 Å². The summed E-state index contributed by atoms with van der Waals surface area (Å²) in [7, 11) is 0. The van der Waals surface area contributed by atoms with Crippen LogP contribution in [0.2, 0.25) is 0 Å². The molecule has 0 fully saturated rings. The van der Waals surface area contributed by atoms with Gasteiger partial charge >= 0.3 is 0 Å². The lowest BCUT2D eigenvalue weighted by Gasteiger charge is -2.16. The van der Waals surface area contributed by atoms with Gasteiger partial charge in [-0.1, -0.05) is 32.9 Å². The van der Waals surface area contributed by atoms with Gasteiger partial charge in [-0.25, -0.2) is 4.39 Å². The summed E-state index contributed by atoms with van der Waals surface area (Å²) in [5, 5.41) is 0. The van der Waals surface area contributed by atoms with E-state index in [2.05, 4.69) is 0 Å². The molecule has 0 aromatic heterocycles. The predicted octanol–water partition coefficient (Wildman–Crippen LogP) is 3.37. The molecule has 1 aromatic rings. The van der Waals surface area contributed by atoms with Crippen molar-refractivity contribution in [1.29, 1.82) is 0 Å². The molecule has 0 amide bonds. The highest BCUT2D eigenvalue weighted by Gasteiger charge is 2.15. The molecule has 0 aliphatic carbocycles. The van der Waals surface area contributed by atoms with E-state index >= 15 is 0 Å². The minimum atomic E-state index is -0.262. The average Bonchev–Trinajstić information content (AvgIpc) is 2.05. The zero-order valence-corrected chi connectivity index (χ0v) is 9.51. The lowest BCUT2D eigenvalue weighted by Crippen LogP contribution is -2.14. The number of halogens is 1. The number of carbonyl (C=O) groups excluding carboxylic acids is 1. The molecule has 1 aromatic carbocycles. The Bertz CT molecular complexity index is 333. The fourth-order valence-electron chi connectivity index (χ4n) is 1.48. The topological polar surface area (TPSA) is 17.1 Å². The smallest absolute Gasteiger partial charge is 0.137 e.